The molecule has 2 aromatic rings. The average molecular weight is 320 g/mol. The molecule has 8 nitrogen and oxygen atoms in total. The number of likely N-dealkylation sites (tertiary alicyclic amines) is 1. The molecule has 1 fully saturated rings. The maximum Gasteiger partial charge on any atom is 0.269 e. The summed E-state index contributed by atoms with van der Waals surface area (Å²) < 4.78 is 3.83. The third-order valence-electron chi connectivity index (χ3n) is 3.82. The summed E-state index contributed by atoms with van der Waals surface area (Å²) >= 11 is 1.11. The van der Waals surface area contributed by atoms with Gasteiger partial charge in [-0.2, -0.15) is 5.10 Å². The zero-order valence-electron chi connectivity index (χ0n) is 12.1. The van der Waals surface area contributed by atoms with Crippen molar-refractivity contribution in [3.8, 4) is 0 Å². The van der Waals surface area contributed by atoms with Gasteiger partial charge < -0.3 is 10.6 Å². The number of nitrogens with one attached hydrogen (secondary N) is 1. The number of amides is 2. The number of hydrogen-bond acceptors (Lipinski definition) is 6. The van der Waals surface area contributed by atoms with Gasteiger partial charge in [0.1, 0.15) is 10.6 Å². The van der Waals surface area contributed by atoms with Gasteiger partial charge in [0.25, 0.3) is 11.8 Å². The fourth-order valence-electron chi connectivity index (χ4n) is 2.69. The molecule has 0 aromatic carbocycles. The van der Waals surface area contributed by atoms with Crippen LogP contribution >= 0.6 is 11.5 Å². The number of aromatic amines is 1. The second kappa shape index (κ2) is 5.84. The number of aromatic nitrogens is 4. The lowest BCUT2D eigenvalue weighted by Gasteiger charge is -2.34. The van der Waals surface area contributed by atoms with Crippen molar-refractivity contribution in [3.05, 3.63) is 28.0 Å². The van der Waals surface area contributed by atoms with E-state index >= 15 is 0 Å². The van der Waals surface area contributed by atoms with Gasteiger partial charge in [-0.05, 0) is 43.8 Å². The molecule has 22 heavy (non-hydrogen) atoms. The number of primary amides is 1. The minimum Gasteiger partial charge on any atom is -0.364 e. The summed E-state index contributed by atoms with van der Waals surface area (Å²) in [6.07, 6.45) is 2.78. The van der Waals surface area contributed by atoms with Crippen LogP contribution in [0.15, 0.2) is 6.07 Å². The van der Waals surface area contributed by atoms with E-state index in [1.165, 1.54) is 0 Å². The van der Waals surface area contributed by atoms with Crippen LogP contribution in [0.25, 0.3) is 0 Å². The molecule has 9 heteroatoms. The van der Waals surface area contributed by atoms with E-state index < -0.39 is 5.91 Å². The van der Waals surface area contributed by atoms with Crippen molar-refractivity contribution in [2.75, 3.05) is 6.54 Å². The van der Waals surface area contributed by atoms with E-state index in [9.17, 15) is 9.59 Å². The number of hydrogen-bond donors (Lipinski definition) is 2. The molecule has 1 aliphatic heterocycles. The van der Waals surface area contributed by atoms with Crippen molar-refractivity contribution >= 4 is 23.3 Å². The molecule has 0 spiro atoms. The monoisotopic (exact) mass is 320 g/mol. The summed E-state index contributed by atoms with van der Waals surface area (Å²) in [4.78, 5) is 26.3. The molecular weight excluding hydrogens is 304 g/mol. The minimum atomic E-state index is -0.585. The van der Waals surface area contributed by atoms with E-state index in [0.29, 0.717) is 17.1 Å². The van der Waals surface area contributed by atoms with Crippen molar-refractivity contribution in [1.29, 1.82) is 0 Å². The topological polar surface area (TPSA) is 118 Å². The Morgan fingerprint density at radius 2 is 2.27 bits per heavy atom. The zero-order valence-corrected chi connectivity index (χ0v) is 12.9. The standard InChI is InChI=1S/C13H16N6O2S/c1-7-11(22-18-15-7)13(21)19-5-3-2-4-10(19)8-6-9(12(14)20)17-16-8/h6,10H,2-5H2,1H3,(H2,14,20)(H,16,17). The fourth-order valence-corrected chi connectivity index (χ4v) is 3.30. The van der Waals surface area contributed by atoms with Crippen molar-refractivity contribution < 1.29 is 9.59 Å². The molecule has 2 amide bonds. The van der Waals surface area contributed by atoms with Crippen LogP contribution in [-0.2, 0) is 0 Å². The predicted octanol–water partition coefficient (Wildman–Crippen LogP) is 1.04. The van der Waals surface area contributed by atoms with Crippen LogP contribution < -0.4 is 5.73 Å². The van der Waals surface area contributed by atoms with E-state index in [0.717, 1.165) is 36.5 Å². The molecule has 1 aliphatic rings. The zero-order chi connectivity index (χ0) is 15.7. The Kier molecular flexibility index (Phi) is 3.88. The average Bonchev–Trinajstić information content (AvgIpc) is 3.15. The second-order valence-electron chi connectivity index (χ2n) is 5.27. The molecule has 0 bridgehead atoms. The van der Waals surface area contributed by atoms with Crippen LogP contribution in [-0.4, -0.2) is 43.0 Å². The third-order valence-corrected chi connectivity index (χ3v) is 4.63. The molecule has 1 unspecified atom stereocenters. The Morgan fingerprint density at radius 1 is 1.45 bits per heavy atom. The van der Waals surface area contributed by atoms with Gasteiger partial charge in [-0.15, -0.1) is 5.10 Å². The van der Waals surface area contributed by atoms with Gasteiger partial charge in [0.15, 0.2) is 0 Å². The highest BCUT2D eigenvalue weighted by Crippen LogP contribution is 2.32. The smallest absolute Gasteiger partial charge is 0.269 e. The predicted molar refractivity (Wildman–Crippen MR) is 79.4 cm³/mol. The summed E-state index contributed by atoms with van der Waals surface area (Å²) in [6, 6.07) is 1.49. The number of rotatable bonds is 3. The first-order valence-corrected chi connectivity index (χ1v) is 7.80. The number of H-pyrrole nitrogens is 1. The van der Waals surface area contributed by atoms with E-state index in [4.69, 9.17) is 5.73 Å². The van der Waals surface area contributed by atoms with Crippen LogP contribution in [0.3, 0.4) is 0 Å². The molecular formula is C13H16N6O2S. The van der Waals surface area contributed by atoms with Crippen LogP contribution in [0.2, 0.25) is 0 Å². The quantitative estimate of drug-likeness (QED) is 0.876. The van der Waals surface area contributed by atoms with Crippen molar-refractivity contribution in [3.63, 3.8) is 0 Å². The van der Waals surface area contributed by atoms with Gasteiger partial charge in [-0.1, -0.05) is 4.49 Å². The highest BCUT2D eigenvalue weighted by atomic mass is 32.1. The molecule has 3 heterocycles. The van der Waals surface area contributed by atoms with E-state index in [1.54, 1.807) is 17.9 Å². The molecule has 0 radical (unpaired) electrons. The Labute approximate surface area is 130 Å². The molecule has 1 atom stereocenters. The maximum absolute atomic E-state index is 12.7. The number of nitrogens with zero attached hydrogens (tertiary/aromatic N) is 4. The molecule has 1 saturated heterocycles. The number of piperidine rings is 1. The Bertz CT molecular complexity index is 709. The van der Waals surface area contributed by atoms with Crippen LogP contribution in [0.1, 0.15) is 56.9 Å². The molecule has 0 saturated carbocycles. The van der Waals surface area contributed by atoms with E-state index in [1.807, 2.05) is 0 Å². The normalized spacial score (nSPS) is 18.4. The van der Waals surface area contributed by atoms with Crippen molar-refractivity contribution in [1.82, 2.24) is 24.7 Å². The molecule has 3 N–H and O–H groups in total. The van der Waals surface area contributed by atoms with Gasteiger partial charge in [-0.3, -0.25) is 14.7 Å². The first-order valence-electron chi connectivity index (χ1n) is 7.03. The number of nitrogens with two attached hydrogens (primary N) is 1. The first-order chi connectivity index (χ1) is 10.6. The van der Waals surface area contributed by atoms with Crippen LogP contribution in [0, 0.1) is 6.92 Å². The minimum absolute atomic E-state index is 0.0765. The Morgan fingerprint density at radius 3 is 2.91 bits per heavy atom. The second-order valence-corrected chi connectivity index (χ2v) is 6.02. The van der Waals surface area contributed by atoms with Crippen LogP contribution in [0.5, 0.6) is 0 Å². The molecule has 116 valence electrons. The van der Waals surface area contributed by atoms with E-state index in [2.05, 4.69) is 19.8 Å². The van der Waals surface area contributed by atoms with Crippen molar-refractivity contribution in [2.24, 2.45) is 5.73 Å². The van der Waals surface area contributed by atoms with E-state index in [-0.39, 0.29) is 17.6 Å². The van der Waals surface area contributed by atoms with Gasteiger partial charge in [0, 0.05) is 6.54 Å². The number of carbonyl (C=O) groups excluding carboxylic acids is 2. The fraction of sp³-hybridized carbons (Fsp3) is 0.462. The Balaban J connectivity index is 1.89. The summed E-state index contributed by atoms with van der Waals surface area (Å²) in [5, 5.41) is 10.6. The number of aryl methyl sites for hydroxylation is 1. The first kappa shape index (κ1) is 14.6. The van der Waals surface area contributed by atoms with Crippen LogP contribution in [0.4, 0.5) is 0 Å². The number of carbonyl (C=O) groups is 2. The lowest BCUT2D eigenvalue weighted by molar-refractivity contribution is 0.0610. The van der Waals surface area contributed by atoms with Crippen molar-refractivity contribution in [2.45, 2.75) is 32.2 Å². The lowest BCUT2D eigenvalue weighted by Crippen LogP contribution is -2.38. The maximum atomic E-state index is 12.7. The van der Waals surface area contributed by atoms with Gasteiger partial charge in [0.2, 0.25) is 0 Å². The van der Waals surface area contributed by atoms with Gasteiger partial charge in [-0.25, -0.2) is 0 Å². The van der Waals surface area contributed by atoms with Gasteiger partial charge in [0.05, 0.1) is 17.4 Å². The highest BCUT2D eigenvalue weighted by Gasteiger charge is 2.32. The summed E-state index contributed by atoms with van der Waals surface area (Å²) in [5.41, 5.74) is 6.79. The molecule has 3 rings (SSSR count). The summed E-state index contributed by atoms with van der Waals surface area (Å²) in [7, 11) is 0. The highest BCUT2D eigenvalue weighted by molar-refractivity contribution is 7.07. The summed E-state index contributed by atoms with van der Waals surface area (Å²) in [5.74, 6) is -0.661. The largest absolute Gasteiger partial charge is 0.364 e. The Hall–Kier alpha value is -2.29. The molecule has 0 aliphatic carbocycles. The SMILES string of the molecule is Cc1nnsc1C(=O)N1CCCCC1c1cc(C(N)=O)n[nH]1. The lowest BCUT2D eigenvalue weighted by atomic mass is 9.98. The van der Waals surface area contributed by atoms with Gasteiger partial charge >= 0.3 is 0 Å². The third kappa shape index (κ3) is 2.59. The molecule has 2 aromatic heterocycles. The summed E-state index contributed by atoms with van der Waals surface area (Å²) in [6.45, 7) is 2.43.